The molecule has 1 aliphatic rings. The van der Waals surface area contributed by atoms with Crippen molar-refractivity contribution in [3.8, 4) is 11.1 Å². The van der Waals surface area contributed by atoms with Gasteiger partial charge in [0.15, 0.2) is 6.10 Å². The van der Waals surface area contributed by atoms with Gasteiger partial charge in [-0.15, -0.1) is 0 Å². The highest BCUT2D eigenvalue weighted by atomic mass is 16.4. The average Bonchev–Trinajstić information content (AvgIpc) is 3.31. The van der Waals surface area contributed by atoms with Crippen molar-refractivity contribution in [2.24, 2.45) is 11.7 Å². The number of benzene rings is 2. The molecule has 27 heteroatoms. The molecule has 27 nitrogen and oxygen atoms in total. The van der Waals surface area contributed by atoms with Crippen molar-refractivity contribution in [1.29, 1.82) is 0 Å². The number of β-amino-alcohol motifs (C(OH)–C–C–N with tert-alkyl or cyclic N) is 1. The smallest absolute Gasteiger partial charge is 0.336 e. The number of carbonyl (C=O) groups is 11. The molecule has 1 heterocycles. The van der Waals surface area contributed by atoms with E-state index < -0.39 is 157 Å². The van der Waals surface area contributed by atoms with Crippen LogP contribution in [0.3, 0.4) is 0 Å². The standard InChI is InChI=1S/C43H58N10O17/c1-18(2)28-40(66)52-30(32(58)33(59)34(44)60)41(67)51-29(20(4)55)39(65)46-16-26(56)38(64)53-31(43(69)70)42(68)48-24(36(62)49-25(17-54)37(63)50-28)15-45-35(61)19(3)47-27(57)14-21-10-12-23(13-11-21)22-8-6-5-7-9-22/h5-13,18-20,24-26,28-33,54-56,58-59H,14-17H2,1-4H3,(H2,44,60)(H,45,61)(H,46,65)(H,47,57)(H,48,68)(H,49,62)(H,50,63)(H,51,67)(H,52,66)(H,53,64)(H,69,70). The van der Waals surface area contributed by atoms with E-state index in [1.807, 2.05) is 51.6 Å². The molecule has 3 rings (SSSR count). The molecule has 1 fully saturated rings. The molecule has 0 saturated carbocycles. The van der Waals surface area contributed by atoms with Crippen LogP contribution < -0.4 is 53.6 Å². The van der Waals surface area contributed by atoms with Gasteiger partial charge in [0.1, 0.15) is 48.5 Å². The highest BCUT2D eigenvalue weighted by Crippen LogP contribution is 2.19. The van der Waals surface area contributed by atoms with Gasteiger partial charge in [0.25, 0.3) is 11.8 Å². The van der Waals surface area contributed by atoms with Crippen molar-refractivity contribution in [3.63, 3.8) is 0 Å². The molecule has 2 aromatic carbocycles. The van der Waals surface area contributed by atoms with Crippen molar-refractivity contribution in [2.45, 2.75) is 101 Å². The summed E-state index contributed by atoms with van der Waals surface area (Å²) in [6.07, 6.45) is -9.44. The molecule has 70 heavy (non-hydrogen) atoms. The third kappa shape index (κ3) is 16.3. The van der Waals surface area contributed by atoms with Crippen LogP contribution in [0.25, 0.3) is 11.1 Å². The zero-order valence-corrected chi connectivity index (χ0v) is 38.2. The highest BCUT2D eigenvalue weighted by Gasteiger charge is 2.41. The number of aliphatic hydroxyl groups is 5. The summed E-state index contributed by atoms with van der Waals surface area (Å²) >= 11 is 0. The Hall–Kier alpha value is -7.59. The second-order valence-electron chi connectivity index (χ2n) is 16.4. The molecule has 382 valence electrons. The van der Waals surface area contributed by atoms with Crippen LogP contribution >= 0.6 is 0 Å². The van der Waals surface area contributed by atoms with E-state index in [9.17, 15) is 83.4 Å². The molecule has 0 aromatic heterocycles. The van der Waals surface area contributed by atoms with Crippen LogP contribution in [-0.2, 0) is 59.2 Å². The van der Waals surface area contributed by atoms with Gasteiger partial charge in [-0.1, -0.05) is 68.4 Å². The van der Waals surface area contributed by atoms with Gasteiger partial charge in [0.2, 0.25) is 53.3 Å². The van der Waals surface area contributed by atoms with E-state index >= 15 is 0 Å². The van der Waals surface area contributed by atoms with Gasteiger partial charge < -0.3 is 84.2 Å². The van der Waals surface area contributed by atoms with Gasteiger partial charge in [-0.3, -0.25) is 47.9 Å². The molecule has 1 saturated heterocycles. The lowest BCUT2D eigenvalue weighted by Gasteiger charge is -2.31. The minimum atomic E-state index is -2.60. The normalized spacial score (nSPS) is 24.1. The van der Waals surface area contributed by atoms with Crippen molar-refractivity contribution in [2.75, 3.05) is 19.7 Å². The molecular weight excluding hydrogens is 929 g/mol. The van der Waals surface area contributed by atoms with E-state index in [-0.39, 0.29) is 6.42 Å². The Labute approximate surface area is 399 Å². The summed E-state index contributed by atoms with van der Waals surface area (Å²) < 4.78 is 0. The minimum Gasteiger partial charge on any atom is -0.479 e. The van der Waals surface area contributed by atoms with Gasteiger partial charge in [-0.2, -0.15) is 0 Å². The molecule has 11 unspecified atom stereocenters. The number of carboxylic acids is 1. The Bertz CT molecular complexity index is 2250. The van der Waals surface area contributed by atoms with Gasteiger partial charge in [-0.05, 0) is 36.5 Å². The Morgan fingerprint density at radius 2 is 1.21 bits per heavy atom. The van der Waals surface area contributed by atoms with Crippen LogP contribution in [0, 0.1) is 5.92 Å². The molecule has 2 aromatic rings. The number of primary amides is 1. The van der Waals surface area contributed by atoms with E-state index in [0.717, 1.165) is 18.1 Å². The summed E-state index contributed by atoms with van der Waals surface area (Å²) in [5.41, 5.74) is 7.52. The lowest BCUT2D eigenvalue weighted by atomic mass is 9.99. The lowest BCUT2D eigenvalue weighted by Crippen LogP contribution is -2.66. The van der Waals surface area contributed by atoms with Crippen molar-refractivity contribution >= 4 is 65.0 Å². The zero-order valence-electron chi connectivity index (χ0n) is 38.2. The molecule has 17 N–H and O–H groups in total. The maximum absolute atomic E-state index is 13.8. The predicted molar refractivity (Wildman–Crippen MR) is 239 cm³/mol. The first-order valence-electron chi connectivity index (χ1n) is 21.5. The third-order valence-corrected chi connectivity index (χ3v) is 10.5. The number of hydrogen-bond donors (Lipinski definition) is 16. The number of hydrogen-bond acceptors (Lipinski definition) is 16. The number of rotatable bonds is 14. The molecule has 1 aliphatic heterocycles. The summed E-state index contributed by atoms with van der Waals surface area (Å²) in [6.45, 7) is 1.78. The predicted octanol–water partition coefficient (Wildman–Crippen LogP) is -7.76. The monoisotopic (exact) mass is 986 g/mol. The van der Waals surface area contributed by atoms with Crippen LogP contribution in [0.4, 0.5) is 0 Å². The quantitative estimate of drug-likeness (QED) is 0.0782. The number of aliphatic carboxylic acids is 1. The van der Waals surface area contributed by atoms with Gasteiger partial charge in [0, 0.05) is 6.54 Å². The maximum atomic E-state index is 13.8. The lowest BCUT2D eigenvalue weighted by molar-refractivity contribution is -0.148. The topological polar surface area (TPSA) is 443 Å². The van der Waals surface area contributed by atoms with Crippen LogP contribution in [0.1, 0.15) is 33.3 Å². The van der Waals surface area contributed by atoms with Crippen LogP contribution in [0.5, 0.6) is 0 Å². The van der Waals surface area contributed by atoms with Crippen LogP contribution in [-0.4, -0.2) is 182 Å². The number of carboxylic acid groups (broad SMARTS) is 1. The van der Waals surface area contributed by atoms with E-state index in [1.165, 1.54) is 20.8 Å². The largest absolute Gasteiger partial charge is 0.479 e. The number of nitrogens with two attached hydrogens (primary N) is 1. The fraction of sp³-hybridized carbons (Fsp3) is 0.465. The highest BCUT2D eigenvalue weighted by molar-refractivity contribution is 6.06. The molecule has 0 aliphatic carbocycles. The number of nitrogens with one attached hydrogen (secondary N) is 9. The molecule has 10 amide bonds. The Balaban J connectivity index is 1.94. The van der Waals surface area contributed by atoms with E-state index in [4.69, 9.17) is 5.73 Å². The van der Waals surface area contributed by atoms with Crippen molar-refractivity contribution in [3.05, 3.63) is 60.2 Å². The SMILES string of the molecule is CC(NC(=O)Cc1ccc(-c2ccccc2)cc1)C(=O)NCC1NC(=O)C(C(=O)O)NC(=O)C(O)CNC(=O)C(C(C)O)NC(=O)C(C(O)C(O)C(N)=O)NC(=O)C(C(C)C)NC(=O)C(CO)NC1=O. The van der Waals surface area contributed by atoms with E-state index in [0.29, 0.717) is 5.56 Å². The zero-order chi connectivity index (χ0) is 52.6. The van der Waals surface area contributed by atoms with E-state index in [1.54, 1.807) is 29.6 Å². The summed E-state index contributed by atoms with van der Waals surface area (Å²) in [5, 5.41) is 80.7. The second kappa shape index (κ2) is 26.2. The Morgan fingerprint density at radius 3 is 1.77 bits per heavy atom. The molecule has 0 spiro atoms. The minimum absolute atomic E-state index is 0.153. The first kappa shape index (κ1) is 56.7. The average molecular weight is 987 g/mol. The summed E-state index contributed by atoms with van der Waals surface area (Å²) in [6, 6.07) is 2.36. The second-order valence-corrected chi connectivity index (χ2v) is 16.4. The number of carbonyl (C=O) groups excluding carboxylic acids is 10. The fourth-order valence-corrected chi connectivity index (χ4v) is 6.49. The third-order valence-electron chi connectivity index (χ3n) is 10.5. The molecule has 11 atom stereocenters. The van der Waals surface area contributed by atoms with Crippen molar-refractivity contribution < 1.29 is 83.4 Å². The summed E-state index contributed by atoms with van der Waals surface area (Å²) in [4.78, 5) is 144. The van der Waals surface area contributed by atoms with Crippen LogP contribution in [0.2, 0.25) is 0 Å². The summed E-state index contributed by atoms with van der Waals surface area (Å²) in [5.74, 6) is -16.3. The summed E-state index contributed by atoms with van der Waals surface area (Å²) in [7, 11) is 0. The molecule has 0 bridgehead atoms. The Morgan fingerprint density at radius 1 is 0.671 bits per heavy atom. The Kier molecular flexibility index (Phi) is 21.3. The molecule has 0 radical (unpaired) electrons. The van der Waals surface area contributed by atoms with Gasteiger partial charge >= 0.3 is 5.97 Å². The first-order chi connectivity index (χ1) is 32.9. The van der Waals surface area contributed by atoms with Gasteiger partial charge in [0.05, 0.1) is 25.7 Å². The molecular formula is C43H58N10O17. The van der Waals surface area contributed by atoms with Crippen molar-refractivity contribution in [1.82, 2.24) is 47.9 Å². The van der Waals surface area contributed by atoms with E-state index in [2.05, 4.69) is 21.3 Å². The maximum Gasteiger partial charge on any atom is 0.336 e. The number of amides is 10. The fourth-order valence-electron chi connectivity index (χ4n) is 6.49. The van der Waals surface area contributed by atoms with Gasteiger partial charge in [-0.25, -0.2) is 4.79 Å². The first-order valence-corrected chi connectivity index (χ1v) is 21.5. The van der Waals surface area contributed by atoms with Crippen LogP contribution in [0.15, 0.2) is 54.6 Å². The number of aliphatic hydroxyl groups excluding tert-OH is 5.